The molecule has 0 saturated heterocycles. The summed E-state index contributed by atoms with van der Waals surface area (Å²) in [6.45, 7) is 4.22. The molecule has 0 amide bonds. The zero-order valence-corrected chi connectivity index (χ0v) is 11.0. The molecule has 0 saturated carbocycles. The van der Waals surface area contributed by atoms with Gasteiger partial charge in [-0.1, -0.05) is 6.92 Å². The number of hydrogen-bond acceptors (Lipinski definition) is 3. The molecule has 0 radical (unpaired) electrons. The molecule has 0 aliphatic carbocycles. The number of nitrogens with one attached hydrogen (secondary N) is 1. The van der Waals surface area contributed by atoms with Gasteiger partial charge < -0.3 is 5.32 Å². The van der Waals surface area contributed by atoms with E-state index in [1.807, 2.05) is 23.7 Å². The molecule has 0 atom stereocenters. The maximum Gasteiger partial charge on any atom is 0.0302 e. The molecule has 2 aromatic rings. The van der Waals surface area contributed by atoms with Gasteiger partial charge in [-0.15, -0.1) is 11.3 Å². The van der Waals surface area contributed by atoms with Gasteiger partial charge in [0.05, 0.1) is 0 Å². The topological polar surface area (TPSA) is 24.9 Å². The Labute approximate surface area is 107 Å². The number of thiophene rings is 1. The number of hydrogen-bond donors (Lipinski definition) is 1. The number of aromatic nitrogens is 1. The highest BCUT2D eigenvalue weighted by molar-refractivity contribution is 7.10. The van der Waals surface area contributed by atoms with Gasteiger partial charge in [-0.05, 0) is 54.1 Å². The molecule has 90 valence electrons. The Bertz CT molecular complexity index is 436. The van der Waals surface area contributed by atoms with Crippen molar-refractivity contribution in [2.24, 2.45) is 0 Å². The average Bonchev–Trinajstić information content (AvgIpc) is 2.83. The molecular formula is C14H18N2S. The third-order valence-electron chi connectivity index (χ3n) is 2.84. The fraction of sp³-hybridized carbons (Fsp3) is 0.357. The van der Waals surface area contributed by atoms with E-state index in [1.54, 1.807) is 0 Å². The maximum absolute atomic E-state index is 4.02. The van der Waals surface area contributed by atoms with Crippen LogP contribution in [-0.2, 0) is 19.4 Å². The van der Waals surface area contributed by atoms with E-state index < -0.39 is 0 Å². The highest BCUT2D eigenvalue weighted by atomic mass is 32.1. The first-order valence-electron chi connectivity index (χ1n) is 6.05. The van der Waals surface area contributed by atoms with E-state index in [0.717, 1.165) is 25.9 Å². The van der Waals surface area contributed by atoms with Crippen molar-refractivity contribution >= 4 is 11.3 Å². The molecule has 0 aromatic carbocycles. The van der Waals surface area contributed by atoms with Crippen LogP contribution in [0.3, 0.4) is 0 Å². The summed E-state index contributed by atoms with van der Waals surface area (Å²) in [6, 6.07) is 6.37. The summed E-state index contributed by atoms with van der Waals surface area (Å²) >= 11 is 1.85. The highest BCUT2D eigenvalue weighted by Gasteiger charge is 2.01. The number of aryl methyl sites for hydroxylation is 1. The van der Waals surface area contributed by atoms with Crippen LogP contribution in [0.25, 0.3) is 0 Å². The first kappa shape index (κ1) is 12.3. The van der Waals surface area contributed by atoms with E-state index in [1.165, 1.54) is 16.0 Å². The quantitative estimate of drug-likeness (QED) is 0.792. The van der Waals surface area contributed by atoms with Gasteiger partial charge in [-0.3, -0.25) is 4.98 Å². The molecule has 2 nitrogen and oxygen atoms in total. The van der Waals surface area contributed by atoms with Crippen LogP contribution < -0.4 is 5.32 Å². The minimum absolute atomic E-state index is 0.992. The molecule has 3 heteroatoms. The lowest BCUT2D eigenvalue weighted by atomic mass is 10.2. The molecule has 17 heavy (non-hydrogen) atoms. The van der Waals surface area contributed by atoms with Gasteiger partial charge in [-0.25, -0.2) is 0 Å². The average molecular weight is 246 g/mol. The van der Waals surface area contributed by atoms with Gasteiger partial charge in [0.1, 0.15) is 0 Å². The fourth-order valence-corrected chi connectivity index (χ4v) is 2.77. The molecule has 0 spiro atoms. The summed E-state index contributed by atoms with van der Waals surface area (Å²) in [5.74, 6) is 0. The summed E-state index contributed by atoms with van der Waals surface area (Å²) in [7, 11) is 0. The van der Waals surface area contributed by atoms with E-state index in [4.69, 9.17) is 0 Å². The minimum Gasteiger partial charge on any atom is -0.312 e. The highest BCUT2D eigenvalue weighted by Crippen LogP contribution is 2.16. The van der Waals surface area contributed by atoms with E-state index in [2.05, 4.69) is 40.8 Å². The van der Waals surface area contributed by atoms with Crippen LogP contribution in [0.5, 0.6) is 0 Å². The second kappa shape index (κ2) is 6.52. The van der Waals surface area contributed by atoms with Crippen molar-refractivity contribution in [2.75, 3.05) is 6.54 Å². The molecule has 2 rings (SSSR count). The van der Waals surface area contributed by atoms with Gasteiger partial charge in [0, 0.05) is 23.8 Å². The molecule has 2 heterocycles. The maximum atomic E-state index is 4.02. The Morgan fingerprint density at radius 3 is 2.82 bits per heavy atom. The van der Waals surface area contributed by atoms with Crippen molar-refractivity contribution in [2.45, 2.75) is 26.3 Å². The van der Waals surface area contributed by atoms with Crippen molar-refractivity contribution in [3.63, 3.8) is 0 Å². The SMILES string of the molecule is CCc1ccsc1CNCCc1ccncc1. The second-order valence-electron chi connectivity index (χ2n) is 4.00. The van der Waals surface area contributed by atoms with Gasteiger partial charge in [0.15, 0.2) is 0 Å². The Hall–Kier alpha value is -1.19. The van der Waals surface area contributed by atoms with Crippen LogP contribution in [0.4, 0.5) is 0 Å². The largest absolute Gasteiger partial charge is 0.312 e. The van der Waals surface area contributed by atoms with Crippen LogP contribution >= 0.6 is 11.3 Å². The molecule has 0 aliphatic rings. The van der Waals surface area contributed by atoms with Crippen LogP contribution in [0.15, 0.2) is 36.0 Å². The Kier molecular flexibility index (Phi) is 4.71. The minimum atomic E-state index is 0.992. The lowest BCUT2D eigenvalue weighted by molar-refractivity contribution is 0.689. The van der Waals surface area contributed by atoms with Gasteiger partial charge in [-0.2, -0.15) is 0 Å². The van der Waals surface area contributed by atoms with Gasteiger partial charge in [0.25, 0.3) is 0 Å². The van der Waals surface area contributed by atoms with Crippen molar-refractivity contribution in [3.05, 3.63) is 52.0 Å². The molecule has 0 aliphatic heterocycles. The smallest absolute Gasteiger partial charge is 0.0302 e. The standard InChI is InChI=1S/C14H18N2S/c1-2-13-6-10-17-14(13)11-16-9-5-12-3-7-15-8-4-12/h3-4,6-8,10,16H,2,5,9,11H2,1H3. The molecule has 0 unspecified atom stereocenters. The van der Waals surface area contributed by atoms with E-state index in [-0.39, 0.29) is 0 Å². The third kappa shape index (κ3) is 3.65. The molecule has 2 aromatic heterocycles. The zero-order chi connectivity index (χ0) is 11.9. The lowest BCUT2D eigenvalue weighted by Gasteiger charge is -2.05. The Morgan fingerprint density at radius 2 is 2.06 bits per heavy atom. The third-order valence-corrected chi connectivity index (χ3v) is 3.81. The summed E-state index contributed by atoms with van der Waals surface area (Å²) < 4.78 is 0. The lowest BCUT2D eigenvalue weighted by Crippen LogP contribution is -2.16. The first-order valence-corrected chi connectivity index (χ1v) is 6.93. The van der Waals surface area contributed by atoms with Gasteiger partial charge >= 0.3 is 0 Å². The van der Waals surface area contributed by atoms with E-state index >= 15 is 0 Å². The number of nitrogens with zero attached hydrogens (tertiary/aromatic N) is 1. The van der Waals surface area contributed by atoms with Crippen LogP contribution in [-0.4, -0.2) is 11.5 Å². The van der Waals surface area contributed by atoms with Crippen molar-refractivity contribution in [1.29, 1.82) is 0 Å². The van der Waals surface area contributed by atoms with Crippen LogP contribution in [0.1, 0.15) is 22.9 Å². The summed E-state index contributed by atoms with van der Waals surface area (Å²) in [6.07, 6.45) is 5.90. The predicted molar refractivity (Wildman–Crippen MR) is 73.3 cm³/mol. The fourth-order valence-electron chi connectivity index (χ4n) is 1.82. The first-order chi connectivity index (χ1) is 8.40. The van der Waals surface area contributed by atoms with E-state index in [0.29, 0.717) is 0 Å². The van der Waals surface area contributed by atoms with Crippen LogP contribution in [0.2, 0.25) is 0 Å². The number of rotatable bonds is 6. The number of pyridine rings is 1. The summed E-state index contributed by atoms with van der Waals surface area (Å²) in [4.78, 5) is 5.49. The summed E-state index contributed by atoms with van der Waals surface area (Å²) in [5, 5.41) is 5.68. The normalized spacial score (nSPS) is 10.6. The summed E-state index contributed by atoms with van der Waals surface area (Å²) in [5.41, 5.74) is 2.82. The van der Waals surface area contributed by atoms with Crippen LogP contribution in [0, 0.1) is 0 Å². The van der Waals surface area contributed by atoms with Crippen molar-refractivity contribution in [3.8, 4) is 0 Å². The zero-order valence-electron chi connectivity index (χ0n) is 10.1. The molecule has 0 fully saturated rings. The van der Waals surface area contributed by atoms with Crippen molar-refractivity contribution < 1.29 is 0 Å². The van der Waals surface area contributed by atoms with Gasteiger partial charge in [0.2, 0.25) is 0 Å². The Morgan fingerprint density at radius 1 is 1.24 bits per heavy atom. The molecule has 0 bridgehead atoms. The van der Waals surface area contributed by atoms with E-state index in [9.17, 15) is 0 Å². The molecule has 1 N–H and O–H groups in total. The Balaban J connectivity index is 1.73. The monoisotopic (exact) mass is 246 g/mol. The van der Waals surface area contributed by atoms with Crippen molar-refractivity contribution in [1.82, 2.24) is 10.3 Å². The second-order valence-corrected chi connectivity index (χ2v) is 5.01. The molecular weight excluding hydrogens is 228 g/mol. The predicted octanol–water partition coefficient (Wildman–Crippen LogP) is 3.04.